The van der Waals surface area contributed by atoms with Gasteiger partial charge in [-0.05, 0) is 44.6 Å². The van der Waals surface area contributed by atoms with Crippen LogP contribution in [0.5, 0.6) is 0 Å². The summed E-state index contributed by atoms with van der Waals surface area (Å²) >= 11 is 9.38. The largest absolute Gasteiger partial charge is 0.379 e. The number of nitrogens with one attached hydrogen (secondary N) is 1. The summed E-state index contributed by atoms with van der Waals surface area (Å²) in [6.45, 7) is 7.20. The molecule has 0 saturated carbocycles. The van der Waals surface area contributed by atoms with Crippen LogP contribution in [-0.2, 0) is 12.0 Å². The van der Waals surface area contributed by atoms with E-state index in [1.54, 1.807) is 0 Å². The summed E-state index contributed by atoms with van der Waals surface area (Å²) in [5.41, 5.74) is 3.30. The van der Waals surface area contributed by atoms with Crippen molar-refractivity contribution in [3.63, 3.8) is 0 Å². The van der Waals surface area contributed by atoms with Gasteiger partial charge in [0, 0.05) is 11.0 Å². The molecule has 0 aliphatic carbocycles. The molecule has 2 aromatic rings. The second-order valence-corrected chi connectivity index (χ2v) is 7.31. The molecule has 0 amide bonds. The van der Waals surface area contributed by atoms with Gasteiger partial charge in [-0.3, -0.25) is 0 Å². The molecule has 0 unspecified atom stereocenters. The SMILES string of the molecule is CC(C)(C)c1ccc(CNc2c(Cl)cc(F)cc2Br)cc1. The van der Waals surface area contributed by atoms with Crippen molar-refractivity contribution in [3.05, 3.63) is 62.8 Å². The summed E-state index contributed by atoms with van der Waals surface area (Å²) in [4.78, 5) is 0. The van der Waals surface area contributed by atoms with E-state index >= 15 is 0 Å². The van der Waals surface area contributed by atoms with Crippen LogP contribution in [0.1, 0.15) is 31.9 Å². The molecule has 0 atom stereocenters. The predicted octanol–water partition coefficient (Wildman–Crippen LogP) is 6.15. The fourth-order valence-electron chi connectivity index (χ4n) is 2.02. The molecule has 1 N–H and O–H groups in total. The fraction of sp³-hybridized carbons (Fsp3) is 0.294. The molecule has 21 heavy (non-hydrogen) atoms. The highest BCUT2D eigenvalue weighted by Crippen LogP contribution is 2.32. The van der Waals surface area contributed by atoms with Crippen LogP contribution in [0.2, 0.25) is 5.02 Å². The number of benzene rings is 2. The Morgan fingerprint density at radius 2 is 1.76 bits per heavy atom. The topological polar surface area (TPSA) is 12.0 Å². The van der Waals surface area contributed by atoms with Crippen molar-refractivity contribution < 1.29 is 4.39 Å². The maximum atomic E-state index is 13.2. The Morgan fingerprint density at radius 1 is 1.14 bits per heavy atom. The number of hydrogen-bond donors (Lipinski definition) is 1. The smallest absolute Gasteiger partial charge is 0.125 e. The third-order valence-electron chi connectivity index (χ3n) is 3.30. The fourth-order valence-corrected chi connectivity index (χ4v) is 2.98. The normalized spacial score (nSPS) is 11.5. The molecule has 0 bridgehead atoms. The molecule has 112 valence electrons. The summed E-state index contributed by atoms with van der Waals surface area (Å²) in [7, 11) is 0. The molecular formula is C17H18BrClFN. The maximum Gasteiger partial charge on any atom is 0.125 e. The van der Waals surface area contributed by atoms with Gasteiger partial charge in [-0.1, -0.05) is 56.6 Å². The Balaban J connectivity index is 2.10. The summed E-state index contributed by atoms with van der Waals surface area (Å²) in [5.74, 6) is -0.355. The van der Waals surface area contributed by atoms with Crippen LogP contribution in [0.25, 0.3) is 0 Å². The molecule has 0 saturated heterocycles. The van der Waals surface area contributed by atoms with Gasteiger partial charge in [0.2, 0.25) is 0 Å². The molecule has 2 rings (SSSR count). The molecule has 0 aromatic heterocycles. The first-order chi connectivity index (χ1) is 9.77. The number of hydrogen-bond acceptors (Lipinski definition) is 1. The zero-order chi connectivity index (χ0) is 15.6. The van der Waals surface area contributed by atoms with E-state index < -0.39 is 0 Å². The van der Waals surface area contributed by atoms with E-state index in [9.17, 15) is 4.39 Å². The van der Waals surface area contributed by atoms with Crippen LogP contribution < -0.4 is 5.32 Å². The third kappa shape index (κ3) is 4.21. The van der Waals surface area contributed by atoms with Crippen LogP contribution in [0.15, 0.2) is 40.9 Å². The number of rotatable bonds is 3. The van der Waals surface area contributed by atoms with E-state index in [0.29, 0.717) is 21.7 Å². The summed E-state index contributed by atoms with van der Waals surface area (Å²) < 4.78 is 13.8. The molecular weight excluding hydrogens is 353 g/mol. The standard InChI is InChI=1S/C17H18BrClFN/c1-17(2,3)12-6-4-11(5-7-12)10-21-16-14(18)8-13(20)9-15(16)19/h4-9,21H,10H2,1-3H3. The van der Waals surface area contributed by atoms with Gasteiger partial charge in [0.25, 0.3) is 0 Å². The zero-order valence-corrected chi connectivity index (χ0v) is 14.6. The molecule has 0 fully saturated rings. The molecule has 0 aliphatic heterocycles. The van der Waals surface area contributed by atoms with E-state index in [0.717, 1.165) is 5.56 Å². The monoisotopic (exact) mass is 369 g/mol. The van der Waals surface area contributed by atoms with Crippen molar-refractivity contribution in [2.45, 2.75) is 32.7 Å². The van der Waals surface area contributed by atoms with Crippen LogP contribution >= 0.6 is 27.5 Å². The molecule has 2 aromatic carbocycles. The zero-order valence-electron chi connectivity index (χ0n) is 12.3. The van der Waals surface area contributed by atoms with Gasteiger partial charge >= 0.3 is 0 Å². The van der Waals surface area contributed by atoms with E-state index in [1.807, 2.05) is 0 Å². The average Bonchev–Trinajstić information content (AvgIpc) is 2.37. The van der Waals surface area contributed by atoms with Gasteiger partial charge in [0.15, 0.2) is 0 Å². The Labute approximate surface area is 138 Å². The summed E-state index contributed by atoms with van der Waals surface area (Å²) in [6, 6.07) is 11.2. The van der Waals surface area contributed by atoms with Crippen LogP contribution in [-0.4, -0.2) is 0 Å². The second kappa shape index (κ2) is 6.37. The molecule has 0 aliphatic rings. The Bertz CT molecular complexity index is 609. The van der Waals surface area contributed by atoms with Crippen molar-refractivity contribution >= 4 is 33.2 Å². The summed E-state index contributed by atoms with van der Waals surface area (Å²) in [6.07, 6.45) is 0. The Hall–Kier alpha value is -1.06. The minimum Gasteiger partial charge on any atom is -0.379 e. The Morgan fingerprint density at radius 3 is 2.29 bits per heavy atom. The van der Waals surface area contributed by atoms with Crippen molar-refractivity contribution in [3.8, 4) is 0 Å². The van der Waals surface area contributed by atoms with Crippen LogP contribution in [0, 0.1) is 5.82 Å². The third-order valence-corrected chi connectivity index (χ3v) is 4.22. The lowest BCUT2D eigenvalue weighted by molar-refractivity contribution is 0.590. The lowest BCUT2D eigenvalue weighted by Gasteiger charge is -2.19. The molecule has 1 nitrogen and oxygen atoms in total. The molecule has 0 spiro atoms. The van der Waals surface area contributed by atoms with Crippen molar-refractivity contribution in [1.82, 2.24) is 0 Å². The van der Waals surface area contributed by atoms with Gasteiger partial charge in [-0.25, -0.2) is 4.39 Å². The molecule has 0 radical (unpaired) electrons. The average molecular weight is 371 g/mol. The number of halogens is 3. The quantitative estimate of drug-likeness (QED) is 0.683. The van der Waals surface area contributed by atoms with Gasteiger partial charge in [-0.15, -0.1) is 0 Å². The maximum absolute atomic E-state index is 13.2. The van der Waals surface area contributed by atoms with Crippen LogP contribution in [0.4, 0.5) is 10.1 Å². The highest BCUT2D eigenvalue weighted by molar-refractivity contribution is 9.10. The Kier molecular flexibility index (Phi) is 4.95. The van der Waals surface area contributed by atoms with E-state index in [-0.39, 0.29) is 11.2 Å². The highest BCUT2D eigenvalue weighted by Gasteiger charge is 2.13. The van der Waals surface area contributed by atoms with Crippen molar-refractivity contribution in [2.24, 2.45) is 0 Å². The minimum absolute atomic E-state index is 0.148. The van der Waals surface area contributed by atoms with Gasteiger partial charge in [-0.2, -0.15) is 0 Å². The first-order valence-corrected chi connectivity index (χ1v) is 7.92. The highest BCUT2D eigenvalue weighted by atomic mass is 79.9. The van der Waals surface area contributed by atoms with Crippen molar-refractivity contribution in [2.75, 3.05) is 5.32 Å². The molecule has 0 heterocycles. The van der Waals surface area contributed by atoms with E-state index in [4.69, 9.17) is 11.6 Å². The lowest BCUT2D eigenvalue weighted by atomic mass is 9.87. The first kappa shape index (κ1) is 16.3. The van der Waals surface area contributed by atoms with Gasteiger partial charge in [0.1, 0.15) is 5.82 Å². The predicted molar refractivity (Wildman–Crippen MR) is 91.6 cm³/mol. The molecule has 4 heteroatoms. The second-order valence-electron chi connectivity index (χ2n) is 6.04. The van der Waals surface area contributed by atoms with Gasteiger partial charge in [0.05, 0.1) is 10.7 Å². The summed E-state index contributed by atoms with van der Waals surface area (Å²) in [5, 5.41) is 3.61. The number of anilines is 1. The van der Waals surface area contributed by atoms with Crippen LogP contribution in [0.3, 0.4) is 0 Å². The minimum atomic E-state index is -0.355. The van der Waals surface area contributed by atoms with Gasteiger partial charge < -0.3 is 5.32 Å². The lowest BCUT2D eigenvalue weighted by Crippen LogP contribution is -2.11. The van der Waals surface area contributed by atoms with E-state index in [2.05, 4.69) is 66.3 Å². The van der Waals surface area contributed by atoms with E-state index in [1.165, 1.54) is 17.7 Å². The van der Waals surface area contributed by atoms with Crippen molar-refractivity contribution in [1.29, 1.82) is 0 Å². The first-order valence-electron chi connectivity index (χ1n) is 6.75.